The van der Waals surface area contributed by atoms with Crippen LogP contribution in [0.2, 0.25) is 0 Å². The number of aryl methyl sites for hydroxylation is 1. The monoisotopic (exact) mass is 226 g/mol. The average Bonchev–Trinajstić information content (AvgIpc) is 2.24. The highest BCUT2D eigenvalue weighted by atomic mass is 35.5. The molecule has 15 heavy (non-hydrogen) atoms. The van der Waals surface area contributed by atoms with Crippen molar-refractivity contribution in [3.8, 4) is 0 Å². The number of rotatable bonds is 6. The lowest BCUT2D eigenvalue weighted by Crippen LogP contribution is -2.27. The largest absolute Gasteiger partial charge is 0.355 e. The molecule has 0 fully saturated rings. The van der Waals surface area contributed by atoms with Gasteiger partial charge >= 0.3 is 0 Å². The summed E-state index contributed by atoms with van der Waals surface area (Å²) in [6, 6.07) is 4.13. The van der Waals surface area contributed by atoms with Crippen molar-refractivity contribution < 1.29 is 0 Å². The molecule has 0 bridgehead atoms. The SMILES string of the molecule is CCCCN(CCCl)c1cc(C)ccn1. The van der Waals surface area contributed by atoms with Crippen LogP contribution in [-0.4, -0.2) is 24.0 Å². The Kier molecular flexibility index (Phi) is 5.48. The molecule has 0 spiro atoms. The van der Waals surface area contributed by atoms with Gasteiger partial charge in [-0.15, -0.1) is 11.6 Å². The average molecular weight is 227 g/mol. The highest BCUT2D eigenvalue weighted by Gasteiger charge is 2.06. The van der Waals surface area contributed by atoms with Gasteiger partial charge in [0.2, 0.25) is 0 Å². The van der Waals surface area contributed by atoms with Gasteiger partial charge < -0.3 is 4.90 Å². The number of alkyl halides is 1. The Morgan fingerprint density at radius 3 is 2.80 bits per heavy atom. The van der Waals surface area contributed by atoms with Gasteiger partial charge in [0, 0.05) is 25.2 Å². The second-order valence-corrected chi connectivity index (χ2v) is 4.10. The first-order valence-electron chi connectivity index (χ1n) is 5.51. The molecule has 2 nitrogen and oxygen atoms in total. The fourth-order valence-electron chi connectivity index (χ4n) is 1.49. The number of aromatic nitrogens is 1. The molecule has 1 rings (SSSR count). The molecule has 0 amide bonds. The van der Waals surface area contributed by atoms with Crippen LogP contribution in [-0.2, 0) is 0 Å². The van der Waals surface area contributed by atoms with E-state index in [9.17, 15) is 0 Å². The molecule has 0 saturated carbocycles. The van der Waals surface area contributed by atoms with Crippen LogP contribution in [0.3, 0.4) is 0 Å². The molecule has 0 radical (unpaired) electrons. The molecular weight excluding hydrogens is 208 g/mol. The van der Waals surface area contributed by atoms with E-state index >= 15 is 0 Å². The quantitative estimate of drug-likeness (QED) is 0.693. The van der Waals surface area contributed by atoms with E-state index in [1.807, 2.05) is 12.3 Å². The van der Waals surface area contributed by atoms with Crippen LogP contribution in [0.4, 0.5) is 5.82 Å². The zero-order valence-electron chi connectivity index (χ0n) is 9.54. The van der Waals surface area contributed by atoms with Gasteiger partial charge in [-0.2, -0.15) is 0 Å². The fourth-order valence-corrected chi connectivity index (χ4v) is 1.69. The van der Waals surface area contributed by atoms with Gasteiger partial charge in [-0.05, 0) is 31.0 Å². The Balaban J connectivity index is 2.69. The Bertz CT molecular complexity index is 289. The molecule has 84 valence electrons. The van der Waals surface area contributed by atoms with E-state index in [0.29, 0.717) is 5.88 Å². The van der Waals surface area contributed by atoms with Crippen molar-refractivity contribution in [2.75, 3.05) is 23.9 Å². The highest BCUT2D eigenvalue weighted by Crippen LogP contribution is 2.13. The van der Waals surface area contributed by atoms with E-state index in [0.717, 1.165) is 18.9 Å². The summed E-state index contributed by atoms with van der Waals surface area (Å²) in [5.41, 5.74) is 1.25. The molecular formula is C12H19ClN2. The van der Waals surface area contributed by atoms with Crippen LogP contribution in [0.15, 0.2) is 18.3 Å². The van der Waals surface area contributed by atoms with Gasteiger partial charge in [0.05, 0.1) is 0 Å². The zero-order chi connectivity index (χ0) is 11.1. The predicted octanol–water partition coefficient (Wildman–Crippen LogP) is 3.24. The van der Waals surface area contributed by atoms with E-state index in [1.165, 1.54) is 18.4 Å². The van der Waals surface area contributed by atoms with Crippen molar-refractivity contribution in [3.63, 3.8) is 0 Å². The van der Waals surface area contributed by atoms with Gasteiger partial charge in [-0.25, -0.2) is 4.98 Å². The van der Waals surface area contributed by atoms with Crippen molar-refractivity contribution in [2.24, 2.45) is 0 Å². The second-order valence-electron chi connectivity index (χ2n) is 3.72. The molecule has 1 heterocycles. The molecule has 0 aromatic carbocycles. The van der Waals surface area contributed by atoms with Crippen molar-refractivity contribution in [1.82, 2.24) is 4.98 Å². The van der Waals surface area contributed by atoms with Gasteiger partial charge in [0.1, 0.15) is 5.82 Å². The van der Waals surface area contributed by atoms with Gasteiger partial charge in [0.15, 0.2) is 0 Å². The Labute approximate surface area is 97.3 Å². The molecule has 0 aliphatic heterocycles. The topological polar surface area (TPSA) is 16.1 Å². The van der Waals surface area contributed by atoms with E-state index in [4.69, 9.17) is 11.6 Å². The van der Waals surface area contributed by atoms with Gasteiger partial charge in [-0.3, -0.25) is 0 Å². The number of anilines is 1. The van der Waals surface area contributed by atoms with Crippen molar-refractivity contribution in [3.05, 3.63) is 23.9 Å². The summed E-state index contributed by atoms with van der Waals surface area (Å²) < 4.78 is 0. The summed E-state index contributed by atoms with van der Waals surface area (Å²) in [7, 11) is 0. The minimum atomic E-state index is 0.652. The number of hydrogen-bond donors (Lipinski definition) is 0. The third-order valence-electron chi connectivity index (χ3n) is 2.36. The van der Waals surface area contributed by atoms with E-state index in [1.54, 1.807) is 0 Å². The number of hydrogen-bond acceptors (Lipinski definition) is 2. The first-order chi connectivity index (χ1) is 7.27. The summed E-state index contributed by atoms with van der Waals surface area (Å²) in [5.74, 6) is 1.70. The Hall–Kier alpha value is -0.760. The van der Waals surface area contributed by atoms with Crippen LogP contribution in [0.5, 0.6) is 0 Å². The maximum Gasteiger partial charge on any atom is 0.128 e. The highest BCUT2D eigenvalue weighted by molar-refractivity contribution is 6.18. The maximum atomic E-state index is 5.80. The molecule has 0 aliphatic rings. The van der Waals surface area contributed by atoms with Crippen LogP contribution < -0.4 is 4.90 Å². The number of nitrogens with zero attached hydrogens (tertiary/aromatic N) is 2. The Morgan fingerprint density at radius 1 is 1.40 bits per heavy atom. The second kappa shape index (κ2) is 6.67. The number of unbranched alkanes of at least 4 members (excludes halogenated alkanes) is 1. The standard InChI is InChI=1S/C12H19ClN2/c1-3-4-8-15(9-6-13)12-10-11(2)5-7-14-12/h5,7,10H,3-4,6,8-9H2,1-2H3. The van der Waals surface area contributed by atoms with Crippen molar-refractivity contribution in [2.45, 2.75) is 26.7 Å². The lowest BCUT2D eigenvalue weighted by molar-refractivity contribution is 0.725. The van der Waals surface area contributed by atoms with E-state index < -0.39 is 0 Å². The molecule has 0 saturated heterocycles. The molecule has 0 N–H and O–H groups in total. The van der Waals surface area contributed by atoms with Crippen LogP contribution >= 0.6 is 11.6 Å². The third kappa shape index (κ3) is 4.08. The minimum absolute atomic E-state index is 0.652. The summed E-state index contributed by atoms with van der Waals surface area (Å²) in [6.45, 7) is 6.20. The summed E-state index contributed by atoms with van der Waals surface area (Å²) in [6.07, 6.45) is 4.24. The summed E-state index contributed by atoms with van der Waals surface area (Å²) in [4.78, 5) is 6.63. The molecule has 0 unspecified atom stereocenters. The van der Waals surface area contributed by atoms with Crippen molar-refractivity contribution >= 4 is 17.4 Å². The molecule has 0 aliphatic carbocycles. The Morgan fingerprint density at radius 2 is 2.20 bits per heavy atom. The first-order valence-corrected chi connectivity index (χ1v) is 6.05. The smallest absolute Gasteiger partial charge is 0.128 e. The van der Waals surface area contributed by atoms with Crippen molar-refractivity contribution in [1.29, 1.82) is 0 Å². The maximum absolute atomic E-state index is 5.80. The lowest BCUT2D eigenvalue weighted by Gasteiger charge is -2.22. The van der Waals surface area contributed by atoms with Crippen LogP contribution in [0.1, 0.15) is 25.3 Å². The summed E-state index contributed by atoms with van der Waals surface area (Å²) >= 11 is 5.80. The molecule has 1 aromatic rings. The van der Waals surface area contributed by atoms with Crippen LogP contribution in [0.25, 0.3) is 0 Å². The molecule has 3 heteroatoms. The predicted molar refractivity (Wildman–Crippen MR) is 66.8 cm³/mol. The molecule has 0 atom stereocenters. The normalized spacial score (nSPS) is 10.3. The third-order valence-corrected chi connectivity index (χ3v) is 2.53. The molecule has 1 aromatic heterocycles. The zero-order valence-corrected chi connectivity index (χ0v) is 10.3. The van der Waals surface area contributed by atoms with Crippen LogP contribution in [0, 0.1) is 6.92 Å². The first kappa shape index (κ1) is 12.3. The van der Waals surface area contributed by atoms with E-state index in [2.05, 4.69) is 29.8 Å². The minimum Gasteiger partial charge on any atom is -0.355 e. The van der Waals surface area contributed by atoms with Gasteiger partial charge in [-0.1, -0.05) is 13.3 Å². The van der Waals surface area contributed by atoms with Gasteiger partial charge in [0.25, 0.3) is 0 Å². The number of halogens is 1. The fraction of sp³-hybridized carbons (Fsp3) is 0.583. The lowest BCUT2D eigenvalue weighted by atomic mass is 10.2. The summed E-state index contributed by atoms with van der Waals surface area (Å²) in [5, 5.41) is 0. The number of pyridine rings is 1. The van der Waals surface area contributed by atoms with E-state index in [-0.39, 0.29) is 0 Å².